The number of ether oxygens (including phenoxy) is 3. The van der Waals surface area contributed by atoms with Crippen LogP contribution in [0.15, 0.2) is 0 Å². The fourth-order valence-electron chi connectivity index (χ4n) is 6.81. The van der Waals surface area contributed by atoms with Crippen LogP contribution >= 0.6 is 0 Å². The van der Waals surface area contributed by atoms with Gasteiger partial charge in [-0.05, 0) is 91.6 Å². The third kappa shape index (κ3) is 6.17. The van der Waals surface area contributed by atoms with Gasteiger partial charge in [0.1, 0.15) is 17.8 Å². The van der Waals surface area contributed by atoms with Crippen LogP contribution in [0.5, 0.6) is 0 Å². The maximum Gasteiger partial charge on any atom is 0.490 e. The van der Waals surface area contributed by atoms with E-state index < -0.39 is 46.1 Å². The molecule has 0 spiro atoms. The van der Waals surface area contributed by atoms with Crippen LogP contribution in [-0.2, 0) is 28.6 Å². The number of nitrogens with zero attached hydrogens (tertiary/aromatic N) is 1. The Morgan fingerprint density at radius 2 is 1.39 bits per heavy atom. The Kier molecular flexibility index (Phi) is 7.82. The van der Waals surface area contributed by atoms with E-state index in [1.54, 1.807) is 20.8 Å². The largest absolute Gasteiger partial charge is 0.490 e. The maximum absolute atomic E-state index is 13.6. The number of halogens is 3. The molecule has 206 valence electrons. The topological polar surface area (TPSA) is 82.1 Å². The van der Waals surface area contributed by atoms with Crippen LogP contribution in [0.4, 0.5) is 13.2 Å². The van der Waals surface area contributed by atoms with E-state index in [0.717, 1.165) is 6.42 Å². The number of hydrogen-bond donors (Lipinski definition) is 0. The molecule has 0 aliphatic heterocycles. The molecule has 3 unspecified atom stereocenters. The molecule has 0 amide bonds. The van der Waals surface area contributed by atoms with Gasteiger partial charge in [-0.1, -0.05) is 6.92 Å². The second kappa shape index (κ2) is 9.80. The molecule has 0 radical (unpaired) electrons. The third-order valence-electron chi connectivity index (χ3n) is 8.23. The first-order valence-corrected chi connectivity index (χ1v) is 12.8. The number of carbonyl (C=O) groups is 3. The second-order valence-corrected chi connectivity index (χ2v) is 12.5. The summed E-state index contributed by atoms with van der Waals surface area (Å²) in [5.74, 6) is -2.98. The van der Waals surface area contributed by atoms with Gasteiger partial charge in [-0.25, -0.2) is 4.79 Å². The van der Waals surface area contributed by atoms with Crippen molar-refractivity contribution in [1.29, 1.82) is 0 Å². The van der Waals surface area contributed by atoms with Gasteiger partial charge in [-0.3, -0.25) is 9.59 Å². The van der Waals surface area contributed by atoms with Crippen molar-refractivity contribution in [2.24, 2.45) is 22.7 Å². The molecule has 3 atom stereocenters. The molecule has 4 rings (SSSR count). The summed E-state index contributed by atoms with van der Waals surface area (Å²) in [4.78, 5) is 40.0. The van der Waals surface area contributed by atoms with Crippen molar-refractivity contribution >= 4 is 17.9 Å². The van der Waals surface area contributed by atoms with Crippen LogP contribution in [0.25, 0.3) is 0 Å². The van der Waals surface area contributed by atoms with E-state index in [1.165, 1.54) is 0 Å². The zero-order chi connectivity index (χ0) is 27.2. The normalized spacial score (nSPS) is 31.2. The highest BCUT2D eigenvalue weighted by Crippen LogP contribution is 2.61. The Balaban J connectivity index is 1.73. The zero-order valence-electron chi connectivity index (χ0n) is 22.3. The van der Waals surface area contributed by atoms with Crippen LogP contribution < -0.4 is 0 Å². The summed E-state index contributed by atoms with van der Waals surface area (Å²) in [6.07, 6.45) is -1.71. The zero-order valence-corrected chi connectivity index (χ0v) is 22.3. The van der Waals surface area contributed by atoms with E-state index in [4.69, 9.17) is 14.2 Å². The molecule has 0 aromatic rings. The van der Waals surface area contributed by atoms with Crippen molar-refractivity contribution < 1.29 is 41.8 Å². The minimum Gasteiger partial charge on any atom is -0.464 e. The van der Waals surface area contributed by atoms with Crippen molar-refractivity contribution in [3.05, 3.63) is 0 Å². The highest BCUT2D eigenvalue weighted by molar-refractivity contribution is 5.81. The van der Waals surface area contributed by atoms with Gasteiger partial charge in [0.05, 0.1) is 10.8 Å². The van der Waals surface area contributed by atoms with Gasteiger partial charge in [0.25, 0.3) is 0 Å². The Labute approximate surface area is 211 Å². The Morgan fingerprint density at radius 3 is 1.83 bits per heavy atom. The van der Waals surface area contributed by atoms with Gasteiger partial charge < -0.3 is 19.1 Å². The third-order valence-corrected chi connectivity index (χ3v) is 8.23. The maximum atomic E-state index is 13.6. The van der Waals surface area contributed by atoms with E-state index in [2.05, 4.69) is 0 Å². The Morgan fingerprint density at radius 1 is 0.889 bits per heavy atom. The van der Waals surface area contributed by atoms with Gasteiger partial charge in [-0.15, -0.1) is 0 Å². The van der Waals surface area contributed by atoms with Crippen LogP contribution in [-0.4, -0.2) is 67.4 Å². The lowest BCUT2D eigenvalue weighted by molar-refractivity contribution is -0.254. The van der Waals surface area contributed by atoms with Crippen molar-refractivity contribution in [1.82, 2.24) is 4.90 Å². The molecular weight excluding hydrogens is 479 g/mol. The number of esters is 3. The molecule has 0 aromatic heterocycles. The van der Waals surface area contributed by atoms with Gasteiger partial charge in [0, 0.05) is 13.0 Å². The molecule has 4 fully saturated rings. The first-order valence-electron chi connectivity index (χ1n) is 12.8. The lowest BCUT2D eigenvalue weighted by Gasteiger charge is -2.60. The molecule has 0 saturated heterocycles. The van der Waals surface area contributed by atoms with E-state index in [0.29, 0.717) is 38.6 Å². The molecule has 36 heavy (non-hydrogen) atoms. The van der Waals surface area contributed by atoms with E-state index in [9.17, 15) is 27.6 Å². The monoisotopic (exact) mass is 519 g/mol. The van der Waals surface area contributed by atoms with Crippen molar-refractivity contribution in [3.63, 3.8) is 0 Å². The Hall–Kier alpha value is -1.84. The van der Waals surface area contributed by atoms with E-state index in [1.807, 2.05) is 25.9 Å². The summed E-state index contributed by atoms with van der Waals surface area (Å²) < 4.78 is 55.6. The quantitative estimate of drug-likeness (QED) is 0.307. The van der Waals surface area contributed by atoms with Crippen LogP contribution in [0.1, 0.15) is 79.1 Å². The van der Waals surface area contributed by atoms with Crippen LogP contribution in [0.3, 0.4) is 0 Å². The Bertz CT molecular complexity index is 856. The van der Waals surface area contributed by atoms with Crippen molar-refractivity contribution in [2.75, 3.05) is 27.2 Å². The fourth-order valence-corrected chi connectivity index (χ4v) is 6.81. The number of rotatable bonds is 10. The second-order valence-electron chi connectivity index (χ2n) is 12.5. The van der Waals surface area contributed by atoms with Crippen LogP contribution in [0.2, 0.25) is 0 Å². The summed E-state index contributed by atoms with van der Waals surface area (Å²) in [5, 5.41) is 0. The predicted octanol–water partition coefficient (Wildman–Crippen LogP) is 4.66. The minimum absolute atomic E-state index is 0.0380. The average molecular weight is 520 g/mol. The lowest BCUT2D eigenvalue weighted by atomic mass is 9.52. The summed E-state index contributed by atoms with van der Waals surface area (Å²) in [7, 11) is 3.75. The van der Waals surface area contributed by atoms with Gasteiger partial charge in [-0.2, -0.15) is 13.2 Å². The van der Waals surface area contributed by atoms with Gasteiger partial charge in [0.2, 0.25) is 0 Å². The SMILES string of the molecule is CCC(C)(CC(C)(C)C(=O)OCCN(C)C)C(=O)OC12CC3CC(CC(OC(=O)C(F)(F)F)(C3)C1)C2. The number of likely N-dealkylation sites (N-methyl/N-ethyl adjacent to an activating group) is 1. The molecule has 4 bridgehead atoms. The molecule has 4 aliphatic rings. The highest BCUT2D eigenvalue weighted by Gasteiger charge is 2.63. The predicted molar refractivity (Wildman–Crippen MR) is 125 cm³/mol. The summed E-state index contributed by atoms with van der Waals surface area (Å²) >= 11 is 0. The van der Waals surface area contributed by atoms with Crippen molar-refractivity contribution in [3.8, 4) is 0 Å². The molecule has 0 aromatic carbocycles. The summed E-state index contributed by atoms with van der Waals surface area (Å²) in [5.41, 5.74) is -4.15. The first-order chi connectivity index (χ1) is 16.4. The number of hydrogen-bond acceptors (Lipinski definition) is 7. The summed E-state index contributed by atoms with van der Waals surface area (Å²) in [6.45, 7) is 7.91. The molecule has 0 N–H and O–H groups in total. The number of carbonyl (C=O) groups excluding carboxylic acids is 3. The fraction of sp³-hybridized carbons (Fsp3) is 0.885. The number of alkyl halides is 3. The van der Waals surface area contributed by atoms with Crippen molar-refractivity contribution in [2.45, 2.75) is 96.4 Å². The lowest BCUT2D eigenvalue weighted by Crippen LogP contribution is -2.63. The molecule has 10 heteroatoms. The van der Waals surface area contributed by atoms with Gasteiger partial charge >= 0.3 is 24.1 Å². The van der Waals surface area contributed by atoms with E-state index in [-0.39, 0.29) is 31.3 Å². The van der Waals surface area contributed by atoms with Gasteiger partial charge in [0.15, 0.2) is 0 Å². The summed E-state index contributed by atoms with van der Waals surface area (Å²) in [6, 6.07) is 0. The standard InChI is InChI=1S/C26H40F3NO6/c1-7-23(4,15-22(2,3)19(31)34-9-8-30(5)6)20(32)35-24-11-17-10-18(12-24)14-25(13-17,16-24)36-21(33)26(27,28)29/h17-18H,7-16H2,1-6H3. The van der Waals surface area contributed by atoms with Crippen LogP contribution in [0, 0.1) is 22.7 Å². The molecular formula is C26H40F3NO6. The average Bonchev–Trinajstić information content (AvgIpc) is 2.70. The van der Waals surface area contributed by atoms with E-state index >= 15 is 0 Å². The molecule has 0 heterocycles. The molecule has 7 nitrogen and oxygen atoms in total. The molecule has 4 aliphatic carbocycles. The smallest absolute Gasteiger partial charge is 0.464 e. The first kappa shape index (κ1) is 28.7. The highest BCUT2D eigenvalue weighted by atomic mass is 19.4. The molecule has 4 saturated carbocycles. The minimum atomic E-state index is -5.07.